The van der Waals surface area contributed by atoms with Crippen molar-refractivity contribution in [3.8, 4) is 5.75 Å². The van der Waals surface area contributed by atoms with Gasteiger partial charge in [-0.25, -0.2) is 0 Å². The third-order valence-corrected chi connectivity index (χ3v) is 2.62. The fraction of sp³-hybridized carbons (Fsp3) is 0.357. The first-order valence-electron chi connectivity index (χ1n) is 6.17. The molecule has 0 spiro atoms. The predicted molar refractivity (Wildman–Crippen MR) is 71.7 cm³/mol. The number of benzene rings is 1. The molecule has 2 aromatic rings. The molecular formula is C14H18N2O2. The van der Waals surface area contributed by atoms with Gasteiger partial charge in [0.25, 0.3) is 0 Å². The van der Waals surface area contributed by atoms with Crippen molar-refractivity contribution in [2.45, 2.75) is 13.5 Å². The van der Waals surface area contributed by atoms with Gasteiger partial charge in [-0.1, -0.05) is 6.07 Å². The summed E-state index contributed by atoms with van der Waals surface area (Å²) in [5.74, 6) is 0.873. The largest absolute Gasteiger partial charge is 0.494 e. The van der Waals surface area contributed by atoms with Gasteiger partial charge in [-0.15, -0.1) is 0 Å². The predicted octanol–water partition coefficient (Wildman–Crippen LogP) is 1.72. The summed E-state index contributed by atoms with van der Waals surface area (Å²) in [6, 6.07) is 9.93. The van der Waals surface area contributed by atoms with Crippen molar-refractivity contribution in [1.82, 2.24) is 10.3 Å². The van der Waals surface area contributed by atoms with Gasteiger partial charge in [-0.2, -0.15) is 0 Å². The molecule has 4 heteroatoms. The fourth-order valence-electron chi connectivity index (χ4n) is 1.80. The van der Waals surface area contributed by atoms with Gasteiger partial charge < -0.3 is 15.2 Å². The van der Waals surface area contributed by atoms with Gasteiger partial charge in [0.2, 0.25) is 0 Å². The molecule has 0 saturated carbocycles. The maximum absolute atomic E-state index is 8.70. The lowest BCUT2D eigenvalue weighted by molar-refractivity contribution is 0.291. The van der Waals surface area contributed by atoms with E-state index < -0.39 is 0 Å². The van der Waals surface area contributed by atoms with Crippen LogP contribution in [0.2, 0.25) is 0 Å². The third-order valence-electron chi connectivity index (χ3n) is 2.62. The lowest BCUT2D eigenvalue weighted by Gasteiger charge is -2.06. The van der Waals surface area contributed by atoms with Gasteiger partial charge >= 0.3 is 0 Å². The fourth-order valence-corrected chi connectivity index (χ4v) is 1.80. The number of aromatic nitrogens is 1. The molecule has 96 valence electrons. The molecule has 0 aliphatic heterocycles. The van der Waals surface area contributed by atoms with Gasteiger partial charge in [0.15, 0.2) is 0 Å². The van der Waals surface area contributed by atoms with E-state index in [4.69, 9.17) is 9.84 Å². The molecule has 0 aliphatic carbocycles. The topological polar surface area (TPSA) is 54.4 Å². The Balaban J connectivity index is 2.16. The Morgan fingerprint density at radius 2 is 2.17 bits per heavy atom. The first kappa shape index (κ1) is 12.8. The van der Waals surface area contributed by atoms with Crippen LogP contribution >= 0.6 is 0 Å². The molecule has 0 fully saturated rings. The van der Waals surface area contributed by atoms with Gasteiger partial charge in [-0.3, -0.25) is 4.98 Å². The van der Waals surface area contributed by atoms with Gasteiger partial charge in [0, 0.05) is 18.5 Å². The Labute approximate surface area is 107 Å². The zero-order chi connectivity index (χ0) is 12.8. The molecule has 0 bridgehead atoms. The number of aliphatic hydroxyl groups excluding tert-OH is 1. The number of rotatable bonds is 6. The molecule has 2 rings (SSSR count). The van der Waals surface area contributed by atoms with Crippen molar-refractivity contribution in [2.75, 3.05) is 19.8 Å². The second-order valence-corrected chi connectivity index (χ2v) is 3.99. The number of nitrogens with zero attached hydrogens (tertiary/aromatic N) is 1. The van der Waals surface area contributed by atoms with E-state index in [2.05, 4.69) is 10.3 Å². The van der Waals surface area contributed by atoms with Crippen molar-refractivity contribution in [3.05, 3.63) is 36.0 Å². The number of aliphatic hydroxyl groups is 1. The maximum Gasteiger partial charge on any atom is 0.120 e. The maximum atomic E-state index is 8.70. The number of hydrogen-bond donors (Lipinski definition) is 2. The molecule has 2 N–H and O–H groups in total. The SMILES string of the molecule is CCOc1ccc2nc(CNCCO)ccc2c1. The summed E-state index contributed by atoms with van der Waals surface area (Å²) in [6.45, 7) is 4.04. The summed E-state index contributed by atoms with van der Waals surface area (Å²) in [4.78, 5) is 4.55. The van der Waals surface area contributed by atoms with Crippen LogP contribution < -0.4 is 10.1 Å². The van der Waals surface area contributed by atoms with Crippen molar-refractivity contribution < 1.29 is 9.84 Å². The van der Waals surface area contributed by atoms with Crippen molar-refractivity contribution in [1.29, 1.82) is 0 Å². The minimum Gasteiger partial charge on any atom is -0.494 e. The van der Waals surface area contributed by atoms with Crippen LogP contribution in [0, 0.1) is 0 Å². The number of nitrogens with one attached hydrogen (secondary N) is 1. The van der Waals surface area contributed by atoms with Gasteiger partial charge in [0.1, 0.15) is 5.75 Å². The second-order valence-electron chi connectivity index (χ2n) is 3.99. The van der Waals surface area contributed by atoms with E-state index in [1.807, 2.05) is 37.3 Å². The highest BCUT2D eigenvalue weighted by Gasteiger charge is 2.00. The first-order valence-corrected chi connectivity index (χ1v) is 6.17. The number of pyridine rings is 1. The smallest absolute Gasteiger partial charge is 0.120 e. The highest BCUT2D eigenvalue weighted by molar-refractivity contribution is 5.80. The molecule has 0 saturated heterocycles. The van der Waals surface area contributed by atoms with E-state index in [0.717, 1.165) is 22.3 Å². The highest BCUT2D eigenvalue weighted by Crippen LogP contribution is 2.19. The zero-order valence-corrected chi connectivity index (χ0v) is 10.5. The Kier molecular flexibility index (Phi) is 4.50. The monoisotopic (exact) mass is 246 g/mol. The lowest BCUT2D eigenvalue weighted by atomic mass is 10.2. The first-order chi connectivity index (χ1) is 8.83. The molecule has 18 heavy (non-hydrogen) atoms. The summed E-state index contributed by atoms with van der Waals surface area (Å²) in [6.07, 6.45) is 0. The van der Waals surface area contributed by atoms with E-state index in [1.54, 1.807) is 0 Å². The van der Waals surface area contributed by atoms with Crippen LogP contribution in [0.5, 0.6) is 5.75 Å². The zero-order valence-electron chi connectivity index (χ0n) is 10.5. The van der Waals surface area contributed by atoms with E-state index in [0.29, 0.717) is 19.7 Å². The van der Waals surface area contributed by atoms with E-state index in [1.165, 1.54) is 0 Å². The van der Waals surface area contributed by atoms with Crippen LogP contribution in [-0.4, -0.2) is 29.8 Å². The van der Waals surface area contributed by atoms with Crippen LogP contribution in [0.15, 0.2) is 30.3 Å². The number of hydrogen-bond acceptors (Lipinski definition) is 4. The number of ether oxygens (including phenoxy) is 1. The Morgan fingerprint density at radius 3 is 2.94 bits per heavy atom. The molecule has 0 aliphatic rings. The van der Waals surface area contributed by atoms with Crippen LogP contribution in [0.4, 0.5) is 0 Å². The van der Waals surface area contributed by atoms with Gasteiger partial charge in [0.05, 0.1) is 24.4 Å². The molecule has 0 atom stereocenters. The average molecular weight is 246 g/mol. The van der Waals surface area contributed by atoms with Crippen molar-refractivity contribution in [3.63, 3.8) is 0 Å². The van der Waals surface area contributed by atoms with Crippen LogP contribution in [0.25, 0.3) is 10.9 Å². The quantitative estimate of drug-likeness (QED) is 0.762. The van der Waals surface area contributed by atoms with E-state index in [-0.39, 0.29) is 6.61 Å². The summed E-state index contributed by atoms with van der Waals surface area (Å²) in [7, 11) is 0. The van der Waals surface area contributed by atoms with Gasteiger partial charge in [-0.05, 0) is 31.2 Å². The van der Waals surface area contributed by atoms with E-state index in [9.17, 15) is 0 Å². The Bertz CT molecular complexity index is 514. The average Bonchev–Trinajstić information content (AvgIpc) is 2.39. The lowest BCUT2D eigenvalue weighted by Crippen LogP contribution is -2.18. The van der Waals surface area contributed by atoms with Crippen LogP contribution in [0.3, 0.4) is 0 Å². The molecule has 1 aromatic carbocycles. The Morgan fingerprint density at radius 1 is 1.28 bits per heavy atom. The summed E-state index contributed by atoms with van der Waals surface area (Å²) >= 11 is 0. The molecule has 4 nitrogen and oxygen atoms in total. The molecular weight excluding hydrogens is 228 g/mol. The third kappa shape index (κ3) is 3.18. The molecule has 0 amide bonds. The molecule has 1 aromatic heterocycles. The molecule has 0 radical (unpaired) electrons. The minimum atomic E-state index is 0.144. The summed E-state index contributed by atoms with van der Waals surface area (Å²) in [5.41, 5.74) is 1.93. The standard InChI is InChI=1S/C14H18N2O2/c1-2-18-13-5-6-14-11(9-13)3-4-12(16-14)10-15-7-8-17/h3-6,9,15,17H,2,7-8,10H2,1H3. The van der Waals surface area contributed by atoms with Crippen molar-refractivity contribution >= 4 is 10.9 Å². The molecule has 0 unspecified atom stereocenters. The minimum absolute atomic E-state index is 0.144. The van der Waals surface area contributed by atoms with Crippen LogP contribution in [-0.2, 0) is 6.54 Å². The van der Waals surface area contributed by atoms with Crippen molar-refractivity contribution in [2.24, 2.45) is 0 Å². The van der Waals surface area contributed by atoms with E-state index >= 15 is 0 Å². The normalized spacial score (nSPS) is 10.8. The second kappa shape index (κ2) is 6.33. The Hall–Kier alpha value is -1.65. The summed E-state index contributed by atoms with van der Waals surface area (Å²) < 4.78 is 5.46. The van der Waals surface area contributed by atoms with Crippen LogP contribution in [0.1, 0.15) is 12.6 Å². The summed E-state index contributed by atoms with van der Waals surface area (Å²) in [5, 5.41) is 12.9. The highest BCUT2D eigenvalue weighted by atomic mass is 16.5. The number of fused-ring (bicyclic) bond motifs is 1. The molecule has 1 heterocycles.